The molecule has 1 rings (SSSR count). The highest BCUT2D eigenvalue weighted by Crippen LogP contribution is 2.43. The zero-order chi connectivity index (χ0) is 15.9. The molecule has 0 radical (unpaired) electrons. The van der Waals surface area contributed by atoms with Crippen molar-refractivity contribution < 1.29 is 9.84 Å². The van der Waals surface area contributed by atoms with Crippen molar-refractivity contribution in [2.75, 3.05) is 33.4 Å². The van der Waals surface area contributed by atoms with E-state index in [1.807, 2.05) is 0 Å². The lowest BCUT2D eigenvalue weighted by molar-refractivity contribution is 0.0288. The molecule has 1 N–H and O–H groups in total. The van der Waals surface area contributed by atoms with E-state index in [2.05, 4.69) is 31.7 Å². The summed E-state index contributed by atoms with van der Waals surface area (Å²) in [5, 5.41) is 18.8. The lowest BCUT2D eigenvalue weighted by atomic mass is 9.66. The summed E-state index contributed by atoms with van der Waals surface area (Å²) in [6.07, 6.45) is 4.35. The second kappa shape index (κ2) is 8.73. The molecule has 0 heterocycles. The Labute approximate surface area is 130 Å². The zero-order valence-corrected chi connectivity index (χ0v) is 14.1. The highest BCUT2D eigenvalue weighted by Gasteiger charge is 2.39. The number of rotatable bonds is 8. The number of nitrogens with zero attached hydrogens (tertiary/aromatic N) is 2. The van der Waals surface area contributed by atoms with Crippen LogP contribution in [0.2, 0.25) is 0 Å². The molecule has 122 valence electrons. The molecule has 4 heteroatoms. The number of nitriles is 1. The summed E-state index contributed by atoms with van der Waals surface area (Å²) < 4.78 is 5.19. The third-order valence-electron chi connectivity index (χ3n) is 5.44. The van der Waals surface area contributed by atoms with E-state index in [4.69, 9.17) is 4.74 Å². The van der Waals surface area contributed by atoms with Crippen LogP contribution < -0.4 is 0 Å². The van der Waals surface area contributed by atoms with Gasteiger partial charge in [0.15, 0.2) is 0 Å². The Bertz CT molecular complexity index is 338. The van der Waals surface area contributed by atoms with Gasteiger partial charge in [-0.15, -0.1) is 0 Å². The van der Waals surface area contributed by atoms with E-state index in [0.717, 1.165) is 25.8 Å². The van der Waals surface area contributed by atoms with E-state index in [-0.39, 0.29) is 18.6 Å². The molecule has 1 aliphatic carbocycles. The van der Waals surface area contributed by atoms with Crippen LogP contribution in [-0.4, -0.2) is 49.5 Å². The minimum absolute atomic E-state index is 0.0808. The zero-order valence-electron chi connectivity index (χ0n) is 14.1. The summed E-state index contributed by atoms with van der Waals surface area (Å²) >= 11 is 0. The Hall–Kier alpha value is -0.630. The maximum atomic E-state index is 9.48. The van der Waals surface area contributed by atoms with Gasteiger partial charge in [-0.25, -0.2) is 0 Å². The number of aliphatic hydroxyl groups is 1. The summed E-state index contributed by atoms with van der Waals surface area (Å²) in [6, 6.07) is 2.75. The molecule has 0 aromatic rings. The van der Waals surface area contributed by atoms with Crippen molar-refractivity contribution in [3.05, 3.63) is 0 Å². The van der Waals surface area contributed by atoms with Gasteiger partial charge in [-0.1, -0.05) is 27.2 Å². The predicted octanol–water partition coefficient (Wildman–Crippen LogP) is 2.67. The fourth-order valence-electron chi connectivity index (χ4n) is 3.48. The van der Waals surface area contributed by atoms with Crippen molar-refractivity contribution in [2.45, 2.75) is 52.5 Å². The lowest BCUT2D eigenvalue weighted by Crippen LogP contribution is -2.48. The van der Waals surface area contributed by atoms with Gasteiger partial charge in [0, 0.05) is 26.2 Å². The molecule has 3 unspecified atom stereocenters. The highest BCUT2D eigenvalue weighted by atomic mass is 16.5. The second-order valence-electron chi connectivity index (χ2n) is 6.91. The van der Waals surface area contributed by atoms with Gasteiger partial charge < -0.3 is 9.84 Å². The average Bonchev–Trinajstić information content (AvgIpc) is 2.50. The Morgan fingerprint density at radius 1 is 1.33 bits per heavy atom. The first-order valence-corrected chi connectivity index (χ1v) is 8.23. The summed E-state index contributed by atoms with van der Waals surface area (Å²) in [5.41, 5.74) is 0.324. The van der Waals surface area contributed by atoms with Gasteiger partial charge in [0.2, 0.25) is 0 Å². The summed E-state index contributed by atoms with van der Waals surface area (Å²) in [4.78, 5) is 2.26. The number of methoxy groups -OCH3 is 1. The SMILES string of the molecule is CCC(C)(C)C1CCC(C#N)C(N(CCO)CCOC)C1. The summed E-state index contributed by atoms with van der Waals surface area (Å²) in [7, 11) is 1.70. The smallest absolute Gasteiger partial charge is 0.0672 e. The standard InChI is InChI=1S/C17H32N2O2/c1-5-17(2,3)15-7-6-14(13-18)16(12-15)19(8-10-20)9-11-21-4/h14-16,20H,5-12H2,1-4H3. The van der Waals surface area contributed by atoms with Gasteiger partial charge in [-0.05, 0) is 30.6 Å². The largest absolute Gasteiger partial charge is 0.395 e. The van der Waals surface area contributed by atoms with Crippen LogP contribution in [0.4, 0.5) is 0 Å². The van der Waals surface area contributed by atoms with Crippen molar-refractivity contribution in [1.29, 1.82) is 5.26 Å². The number of hydrogen-bond donors (Lipinski definition) is 1. The molecule has 3 atom stereocenters. The molecule has 1 fully saturated rings. The van der Waals surface area contributed by atoms with E-state index < -0.39 is 0 Å². The number of aliphatic hydroxyl groups excluding tert-OH is 1. The molecule has 21 heavy (non-hydrogen) atoms. The quantitative estimate of drug-likeness (QED) is 0.748. The summed E-state index contributed by atoms with van der Waals surface area (Å²) in [5.74, 6) is 0.734. The fourth-order valence-corrected chi connectivity index (χ4v) is 3.48. The van der Waals surface area contributed by atoms with Crippen LogP contribution in [0, 0.1) is 28.6 Å². The molecule has 0 aromatic heterocycles. The topological polar surface area (TPSA) is 56.5 Å². The minimum atomic E-state index is 0.0808. The van der Waals surface area contributed by atoms with Crippen molar-refractivity contribution in [2.24, 2.45) is 17.3 Å². The molecule has 1 saturated carbocycles. The number of ether oxygens (including phenoxy) is 1. The van der Waals surface area contributed by atoms with Crippen LogP contribution >= 0.6 is 0 Å². The van der Waals surface area contributed by atoms with Crippen molar-refractivity contribution in [3.63, 3.8) is 0 Å². The van der Waals surface area contributed by atoms with E-state index >= 15 is 0 Å². The third kappa shape index (κ3) is 4.95. The average molecular weight is 296 g/mol. The highest BCUT2D eigenvalue weighted by molar-refractivity contribution is 4.99. The van der Waals surface area contributed by atoms with Crippen LogP contribution in [0.3, 0.4) is 0 Å². The van der Waals surface area contributed by atoms with E-state index in [9.17, 15) is 10.4 Å². The normalized spacial score (nSPS) is 26.8. The lowest BCUT2D eigenvalue weighted by Gasteiger charge is -2.45. The predicted molar refractivity (Wildman–Crippen MR) is 84.8 cm³/mol. The molecular weight excluding hydrogens is 264 g/mol. The molecule has 0 bridgehead atoms. The Morgan fingerprint density at radius 2 is 2.05 bits per heavy atom. The molecular formula is C17H32N2O2. The maximum absolute atomic E-state index is 9.48. The van der Waals surface area contributed by atoms with E-state index in [1.165, 1.54) is 6.42 Å². The first-order chi connectivity index (χ1) is 10.00. The fraction of sp³-hybridized carbons (Fsp3) is 0.941. The van der Waals surface area contributed by atoms with Crippen molar-refractivity contribution in [1.82, 2.24) is 4.90 Å². The van der Waals surface area contributed by atoms with Crippen LogP contribution in [0.5, 0.6) is 0 Å². The van der Waals surface area contributed by atoms with E-state index in [1.54, 1.807) is 7.11 Å². The van der Waals surface area contributed by atoms with Gasteiger partial charge >= 0.3 is 0 Å². The minimum Gasteiger partial charge on any atom is -0.395 e. The molecule has 0 aliphatic heterocycles. The van der Waals surface area contributed by atoms with Crippen LogP contribution in [0.1, 0.15) is 46.5 Å². The van der Waals surface area contributed by atoms with Crippen LogP contribution in [-0.2, 0) is 4.74 Å². The van der Waals surface area contributed by atoms with Gasteiger partial charge in [-0.2, -0.15) is 5.26 Å². The molecule has 4 nitrogen and oxygen atoms in total. The molecule has 0 saturated heterocycles. The molecule has 0 spiro atoms. The van der Waals surface area contributed by atoms with Crippen LogP contribution in [0.25, 0.3) is 0 Å². The van der Waals surface area contributed by atoms with Gasteiger partial charge in [0.05, 0.1) is 25.2 Å². The Balaban J connectivity index is 2.83. The molecule has 0 aromatic carbocycles. The summed E-state index contributed by atoms with van der Waals surface area (Å²) in [6.45, 7) is 9.14. The number of hydrogen-bond acceptors (Lipinski definition) is 4. The van der Waals surface area contributed by atoms with E-state index in [0.29, 0.717) is 24.5 Å². The monoisotopic (exact) mass is 296 g/mol. The third-order valence-corrected chi connectivity index (χ3v) is 5.44. The first-order valence-electron chi connectivity index (χ1n) is 8.23. The second-order valence-corrected chi connectivity index (χ2v) is 6.91. The van der Waals surface area contributed by atoms with Crippen LogP contribution in [0.15, 0.2) is 0 Å². The Kier molecular flexibility index (Phi) is 7.65. The molecule has 0 amide bonds. The molecule has 1 aliphatic rings. The Morgan fingerprint density at radius 3 is 2.57 bits per heavy atom. The van der Waals surface area contributed by atoms with Crippen molar-refractivity contribution >= 4 is 0 Å². The van der Waals surface area contributed by atoms with Gasteiger partial charge in [0.1, 0.15) is 0 Å². The first kappa shape index (κ1) is 18.4. The van der Waals surface area contributed by atoms with Crippen molar-refractivity contribution in [3.8, 4) is 6.07 Å². The van der Waals surface area contributed by atoms with Gasteiger partial charge in [-0.3, -0.25) is 4.90 Å². The maximum Gasteiger partial charge on any atom is 0.0672 e. The van der Waals surface area contributed by atoms with Gasteiger partial charge in [0.25, 0.3) is 0 Å².